The summed E-state index contributed by atoms with van der Waals surface area (Å²) in [5, 5.41) is 13.8. The molecule has 0 aromatic rings. The maximum atomic E-state index is 12.3. The lowest BCUT2D eigenvalue weighted by Gasteiger charge is -2.34. The molecule has 0 radical (unpaired) electrons. The number of methoxy groups -OCH3 is 1. The molecule has 6 nitrogen and oxygen atoms in total. The summed E-state index contributed by atoms with van der Waals surface area (Å²) in [4.78, 5) is 12.3. The molecule has 0 saturated heterocycles. The number of carbonyl (C=O) groups is 1. The highest BCUT2D eigenvalue weighted by Crippen LogP contribution is 2.33. The number of aliphatic hydroxyl groups excluding tert-OH is 1. The molecule has 0 aromatic carbocycles. The third-order valence-corrected chi connectivity index (χ3v) is 4.47. The molecule has 0 spiro atoms. The molecule has 1 rings (SSSR count). The molecule has 0 bridgehead atoms. The average Bonchev–Trinajstić information content (AvgIpc) is 2.54. The van der Waals surface area contributed by atoms with Crippen LogP contribution < -0.4 is 5.32 Å². The van der Waals surface area contributed by atoms with E-state index in [1.807, 2.05) is 41.5 Å². The fourth-order valence-electron chi connectivity index (χ4n) is 3.31. The highest BCUT2D eigenvalue weighted by Gasteiger charge is 2.40. The summed E-state index contributed by atoms with van der Waals surface area (Å²) >= 11 is 0. The van der Waals surface area contributed by atoms with E-state index >= 15 is 0 Å². The van der Waals surface area contributed by atoms with Crippen LogP contribution in [0.2, 0.25) is 0 Å². The first-order chi connectivity index (χ1) is 11.5. The van der Waals surface area contributed by atoms with E-state index in [0.29, 0.717) is 0 Å². The molecule has 1 amide bonds. The Kier molecular flexibility index (Phi) is 7.90. The molecule has 25 heavy (non-hydrogen) atoms. The number of hydrogen-bond acceptors (Lipinski definition) is 5. The third kappa shape index (κ3) is 6.28. The van der Waals surface area contributed by atoms with Gasteiger partial charge in [0, 0.05) is 18.9 Å². The van der Waals surface area contributed by atoms with Crippen LogP contribution in [0.25, 0.3) is 0 Å². The summed E-state index contributed by atoms with van der Waals surface area (Å²) in [5.74, 6) is 0.122. The van der Waals surface area contributed by atoms with Gasteiger partial charge in [-0.3, -0.25) is 0 Å². The van der Waals surface area contributed by atoms with Crippen LogP contribution in [0.5, 0.6) is 0 Å². The first kappa shape index (κ1) is 21.9. The van der Waals surface area contributed by atoms with Crippen molar-refractivity contribution in [3.05, 3.63) is 11.6 Å². The monoisotopic (exact) mass is 357 g/mol. The smallest absolute Gasteiger partial charge is 0.407 e. The van der Waals surface area contributed by atoms with Gasteiger partial charge in [-0.15, -0.1) is 0 Å². The minimum atomic E-state index is -0.791. The maximum Gasteiger partial charge on any atom is 0.407 e. The van der Waals surface area contributed by atoms with Gasteiger partial charge in [-0.25, -0.2) is 4.79 Å². The van der Waals surface area contributed by atoms with Gasteiger partial charge in [0.2, 0.25) is 0 Å². The van der Waals surface area contributed by atoms with Crippen molar-refractivity contribution < 1.29 is 24.1 Å². The first-order valence-corrected chi connectivity index (χ1v) is 8.97. The van der Waals surface area contributed by atoms with Crippen LogP contribution in [0.1, 0.15) is 48.5 Å². The summed E-state index contributed by atoms with van der Waals surface area (Å²) in [5.41, 5.74) is 0.308. The number of aliphatic hydroxyl groups is 1. The Bertz CT molecular complexity index is 469. The van der Waals surface area contributed by atoms with Gasteiger partial charge >= 0.3 is 6.09 Å². The number of amides is 1. The van der Waals surface area contributed by atoms with E-state index in [2.05, 4.69) is 18.3 Å². The lowest BCUT2D eigenvalue weighted by molar-refractivity contribution is -0.108. The number of alkyl carbamates (subject to hydrolysis) is 1. The number of nitrogens with one attached hydrogen (secondary N) is 1. The van der Waals surface area contributed by atoms with Gasteiger partial charge in [0.1, 0.15) is 12.4 Å². The van der Waals surface area contributed by atoms with Crippen molar-refractivity contribution in [2.75, 3.05) is 13.9 Å². The molecule has 0 saturated carbocycles. The molecule has 1 aliphatic rings. The summed E-state index contributed by atoms with van der Waals surface area (Å²) in [6, 6.07) is -0.504. The van der Waals surface area contributed by atoms with Crippen LogP contribution in [-0.2, 0) is 14.2 Å². The molecule has 0 aliphatic heterocycles. The van der Waals surface area contributed by atoms with E-state index in [-0.39, 0.29) is 30.7 Å². The molecule has 0 aromatic heterocycles. The zero-order chi connectivity index (χ0) is 19.4. The predicted octanol–water partition coefficient (Wildman–Crippen LogP) is 3.10. The van der Waals surface area contributed by atoms with Crippen molar-refractivity contribution >= 4 is 6.09 Å². The first-order valence-electron chi connectivity index (χ1n) is 8.97. The number of hydrogen-bond donors (Lipinski definition) is 2. The van der Waals surface area contributed by atoms with Crippen molar-refractivity contribution in [3.63, 3.8) is 0 Å². The third-order valence-electron chi connectivity index (χ3n) is 4.47. The second-order valence-electron chi connectivity index (χ2n) is 8.19. The standard InChI is InChI=1S/C19H35NO5/c1-11(2)14-9-12(3)17(24-10-23-8)13(4)15(16(14)21)20-18(22)25-19(5,6)7/h9,11-13,15-17,21H,10H2,1-8H3,(H,20,22)/t12-,13+,15+,16-,17-/m0/s1. The Morgan fingerprint density at radius 2 is 1.92 bits per heavy atom. The molecular weight excluding hydrogens is 322 g/mol. The van der Waals surface area contributed by atoms with E-state index in [0.717, 1.165) is 5.57 Å². The Balaban J connectivity index is 3.09. The largest absolute Gasteiger partial charge is 0.444 e. The number of rotatable bonds is 5. The van der Waals surface area contributed by atoms with Crippen LogP contribution >= 0.6 is 0 Å². The summed E-state index contributed by atoms with van der Waals surface area (Å²) in [6.07, 6.45) is 0.543. The zero-order valence-electron chi connectivity index (χ0n) is 16.8. The molecular formula is C19H35NO5. The van der Waals surface area contributed by atoms with Crippen molar-refractivity contribution in [1.29, 1.82) is 0 Å². The predicted molar refractivity (Wildman–Crippen MR) is 97.2 cm³/mol. The van der Waals surface area contributed by atoms with Crippen molar-refractivity contribution in [1.82, 2.24) is 5.32 Å². The van der Waals surface area contributed by atoms with E-state index in [4.69, 9.17) is 14.2 Å². The highest BCUT2D eigenvalue weighted by atomic mass is 16.7. The van der Waals surface area contributed by atoms with Gasteiger partial charge in [0.15, 0.2) is 0 Å². The van der Waals surface area contributed by atoms with Gasteiger partial charge in [-0.2, -0.15) is 0 Å². The number of carbonyl (C=O) groups excluding carboxylic acids is 1. The average molecular weight is 357 g/mol. The van der Waals surface area contributed by atoms with E-state index in [1.54, 1.807) is 7.11 Å². The highest BCUT2D eigenvalue weighted by molar-refractivity contribution is 5.68. The van der Waals surface area contributed by atoms with Crippen LogP contribution in [0.3, 0.4) is 0 Å². The fraction of sp³-hybridized carbons (Fsp3) is 0.842. The van der Waals surface area contributed by atoms with Crippen LogP contribution in [0.4, 0.5) is 4.79 Å². The van der Waals surface area contributed by atoms with E-state index in [1.165, 1.54) is 0 Å². The van der Waals surface area contributed by atoms with E-state index in [9.17, 15) is 9.90 Å². The Morgan fingerprint density at radius 3 is 2.40 bits per heavy atom. The quantitative estimate of drug-likeness (QED) is 0.584. The van der Waals surface area contributed by atoms with Gasteiger partial charge in [0.05, 0.1) is 18.2 Å². The lowest BCUT2D eigenvalue weighted by atomic mass is 9.87. The number of ether oxygens (including phenoxy) is 3. The Hall–Kier alpha value is -1.11. The Labute approximate surface area is 151 Å². The molecule has 2 N–H and O–H groups in total. The van der Waals surface area contributed by atoms with Gasteiger partial charge in [-0.1, -0.05) is 33.8 Å². The molecule has 6 heteroatoms. The molecule has 5 atom stereocenters. The van der Waals surface area contributed by atoms with Gasteiger partial charge < -0.3 is 24.6 Å². The molecule has 1 aliphatic carbocycles. The second-order valence-corrected chi connectivity index (χ2v) is 8.19. The van der Waals surface area contributed by atoms with Crippen molar-refractivity contribution in [3.8, 4) is 0 Å². The minimum absolute atomic E-state index is 0.0858. The van der Waals surface area contributed by atoms with E-state index < -0.39 is 23.8 Å². The summed E-state index contributed by atoms with van der Waals surface area (Å²) < 4.78 is 16.3. The zero-order valence-corrected chi connectivity index (χ0v) is 16.8. The van der Waals surface area contributed by atoms with Crippen LogP contribution in [-0.4, -0.2) is 49.0 Å². The summed E-state index contributed by atoms with van der Waals surface area (Å²) in [6.45, 7) is 13.7. The van der Waals surface area contributed by atoms with Gasteiger partial charge in [0.25, 0.3) is 0 Å². The van der Waals surface area contributed by atoms with Crippen molar-refractivity contribution in [2.24, 2.45) is 17.8 Å². The minimum Gasteiger partial charge on any atom is -0.444 e. The second kappa shape index (κ2) is 9.01. The van der Waals surface area contributed by atoms with Gasteiger partial charge in [-0.05, 0) is 32.3 Å². The lowest BCUT2D eigenvalue weighted by Crippen LogP contribution is -2.52. The maximum absolute atomic E-state index is 12.3. The Morgan fingerprint density at radius 1 is 1.32 bits per heavy atom. The molecule has 0 unspecified atom stereocenters. The fourth-order valence-corrected chi connectivity index (χ4v) is 3.31. The molecule has 0 fully saturated rings. The molecule has 0 heterocycles. The SMILES string of the molecule is COCO[C@@H]1[C@H](C)[C@@H](NC(=O)OC(C)(C)C)[C@@H](O)C(C(C)C)=C[C@@H]1C. The van der Waals surface area contributed by atoms with Crippen LogP contribution in [0, 0.1) is 17.8 Å². The normalized spacial score (nSPS) is 30.6. The topological polar surface area (TPSA) is 77.0 Å². The van der Waals surface area contributed by atoms with Crippen LogP contribution in [0.15, 0.2) is 11.6 Å². The van der Waals surface area contributed by atoms with Crippen molar-refractivity contribution in [2.45, 2.75) is 72.3 Å². The molecule has 146 valence electrons. The summed E-state index contributed by atoms with van der Waals surface area (Å²) in [7, 11) is 1.58.